The molecule has 0 bridgehead atoms. The Labute approximate surface area is 168 Å². The molecular formula is C21H14F4N4O. The zero-order chi connectivity index (χ0) is 21.5. The number of hydrogen-bond donors (Lipinski definition) is 1. The maximum Gasteiger partial charge on any atom is 0.416 e. The standard InChI is InChI=1S/C21H14F4N4O/c1-29-19-15(11-26-29)14(20(30)28-17-5-3-2-4-16(17)22)10-18(27-19)12-6-8-13(9-7-12)21(23,24)25/h2-11H,1H3,(H,28,30). The highest BCUT2D eigenvalue weighted by molar-refractivity contribution is 6.12. The van der Waals surface area contributed by atoms with E-state index in [-0.39, 0.29) is 11.3 Å². The van der Waals surface area contributed by atoms with Crippen molar-refractivity contribution in [1.82, 2.24) is 14.8 Å². The van der Waals surface area contributed by atoms with Crippen LogP contribution >= 0.6 is 0 Å². The zero-order valence-corrected chi connectivity index (χ0v) is 15.5. The van der Waals surface area contributed by atoms with Crippen LogP contribution in [0, 0.1) is 5.82 Å². The van der Waals surface area contributed by atoms with Crippen molar-refractivity contribution in [3.05, 3.63) is 77.7 Å². The Kier molecular flexibility index (Phi) is 4.73. The Morgan fingerprint density at radius 3 is 2.43 bits per heavy atom. The molecule has 152 valence electrons. The number of nitrogens with zero attached hydrogens (tertiary/aromatic N) is 3. The second-order valence-electron chi connectivity index (χ2n) is 6.57. The number of nitrogens with one attached hydrogen (secondary N) is 1. The molecule has 5 nitrogen and oxygen atoms in total. The van der Waals surface area contributed by atoms with Crippen molar-refractivity contribution in [1.29, 1.82) is 0 Å². The Bertz CT molecular complexity index is 1250. The summed E-state index contributed by atoms with van der Waals surface area (Å²) in [7, 11) is 1.63. The first-order valence-electron chi connectivity index (χ1n) is 8.80. The van der Waals surface area contributed by atoms with Gasteiger partial charge in [-0.05, 0) is 30.3 Å². The Morgan fingerprint density at radius 2 is 1.77 bits per heavy atom. The minimum atomic E-state index is -4.46. The fourth-order valence-electron chi connectivity index (χ4n) is 3.03. The van der Waals surface area contributed by atoms with Crippen LogP contribution in [0.5, 0.6) is 0 Å². The maximum absolute atomic E-state index is 13.9. The van der Waals surface area contributed by atoms with Crippen molar-refractivity contribution in [3.63, 3.8) is 0 Å². The van der Waals surface area contributed by atoms with Crippen LogP contribution in [-0.4, -0.2) is 20.7 Å². The predicted octanol–water partition coefficient (Wildman–Crippen LogP) is 5.05. The molecule has 1 N–H and O–H groups in total. The van der Waals surface area contributed by atoms with Crippen molar-refractivity contribution < 1.29 is 22.4 Å². The number of aromatic nitrogens is 3. The van der Waals surface area contributed by atoms with Crippen LogP contribution in [0.2, 0.25) is 0 Å². The summed E-state index contributed by atoms with van der Waals surface area (Å²) in [6.45, 7) is 0. The minimum absolute atomic E-state index is 0.00688. The second kappa shape index (κ2) is 7.25. The molecule has 0 spiro atoms. The highest BCUT2D eigenvalue weighted by atomic mass is 19.4. The van der Waals surface area contributed by atoms with Gasteiger partial charge in [-0.1, -0.05) is 24.3 Å². The second-order valence-corrected chi connectivity index (χ2v) is 6.57. The molecule has 4 rings (SSSR count). The first kappa shape index (κ1) is 19.6. The molecule has 4 aromatic rings. The Balaban J connectivity index is 1.79. The summed E-state index contributed by atoms with van der Waals surface area (Å²) in [6.07, 6.45) is -3.00. The molecule has 0 aliphatic carbocycles. The number of para-hydroxylation sites is 1. The number of amides is 1. The Hall–Kier alpha value is -3.75. The van der Waals surface area contributed by atoms with E-state index in [1.807, 2.05) is 0 Å². The van der Waals surface area contributed by atoms with Gasteiger partial charge >= 0.3 is 6.18 Å². The van der Waals surface area contributed by atoms with Crippen molar-refractivity contribution >= 4 is 22.6 Å². The van der Waals surface area contributed by atoms with Gasteiger partial charge in [0, 0.05) is 12.6 Å². The molecule has 2 aromatic carbocycles. The van der Waals surface area contributed by atoms with E-state index in [1.54, 1.807) is 13.1 Å². The monoisotopic (exact) mass is 414 g/mol. The molecular weight excluding hydrogens is 400 g/mol. The third-order valence-corrected chi connectivity index (χ3v) is 4.58. The van der Waals surface area contributed by atoms with Gasteiger partial charge in [0.05, 0.1) is 34.1 Å². The number of aryl methyl sites for hydroxylation is 1. The summed E-state index contributed by atoms with van der Waals surface area (Å²) < 4.78 is 53.9. The molecule has 9 heteroatoms. The van der Waals surface area contributed by atoms with E-state index in [0.29, 0.717) is 22.3 Å². The fraction of sp³-hybridized carbons (Fsp3) is 0.0952. The van der Waals surface area contributed by atoms with E-state index >= 15 is 0 Å². The first-order valence-corrected chi connectivity index (χ1v) is 8.80. The van der Waals surface area contributed by atoms with Gasteiger partial charge in [-0.15, -0.1) is 0 Å². The van der Waals surface area contributed by atoms with Gasteiger partial charge in [0.15, 0.2) is 5.65 Å². The molecule has 2 heterocycles. The van der Waals surface area contributed by atoms with Crippen LogP contribution in [0.25, 0.3) is 22.3 Å². The Morgan fingerprint density at radius 1 is 1.07 bits per heavy atom. The third-order valence-electron chi connectivity index (χ3n) is 4.58. The van der Waals surface area contributed by atoms with Crippen molar-refractivity contribution in [3.8, 4) is 11.3 Å². The first-order chi connectivity index (χ1) is 14.2. The quantitative estimate of drug-likeness (QED) is 0.478. The predicted molar refractivity (Wildman–Crippen MR) is 103 cm³/mol. The van der Waals surface area contributed by atoms with Crippen molar-refractivity contribution in [2.45, 2.75) is 6.18 Å². The molecule has 0 fully saturated rings. The summed E-state index contributed by atoms with van der Waals surface area (Å²) in [4.78, 5) is 17.3. The van der Waals surface area contributed by atoms with Crippen LogP contribution < -0.4 is 5.32 Å². The average molecular weight is 414 g/mol. The van der Waals surface area contributed by atoms with E-state index in [2.05, 4.69) is 15.4 Å². The summed E-state index contributed by atoms with van der Waals surface area (Å²) in [5.74, 6) is -1.18. The van der Waals surface area contributed by atoms with Crippen LogP contribution in [0.1, 0.15) is 15.9 Å². The molecule has 0 saturated carbocycles. The third kappa shape index (κ3) is 3.61. The van der Waals surface area contributed by atoms with E-state index in [9.17, 15) is 22.4 Å². The van der Waals surface area contributed by atoms with E-state index in [4.69, 9.17) is 0 Å². The van der Waals surface area contributed by atoms with Gasteiger partial charge in [-0.2, -0.15) is 18.3 Å². The number of benzene rings is 2. The maximum atomic E-state index is 13.9. The summed E-state index contributed by atoms with van der Waals surface area (Å²) in [5.41, 5.74) is 0.444. The van der Waals surface area contributed by atoms with Crippen LogP contribution in [0.4, 0.5) is 23.2 Å². The molecule has 1 amide bonds. The highest BCUT2D eigenvalue weighted by Crippen LogP contribution is 2.31. The lowest BCUT2D eigenvalue weighted by Gasteiger charge is -2.11. The van der Waals surface area contributed by atoms with Crippen LogP contribution in [-0.2, 0) is 13.2 Å². The largest absolute Gasteiger partial charge is 0.416 e. The number of carbonyl (C=O) groups is 1. The normalized spacial score (nSPS) is 11.6. The lowest BCUT2D eigenvalue weighted by molar-refractivity contribution is -0.137. The number of carbonyl (C=O) groups excluding carboxylic acids is 1. The van der Waals surface area contributed by atoms with E-state index in [0.717, 1.165) is 12.1 Å². The topological polar surface area (TPSA) is 59.8 Å². The number of pyridine rings is 1. The average Bonchev–Trinajstić information content (AvgIpc) is 3.09. The number of anilines is 1. The van der Waals surface area contributed by atoms with Crippen LogP contribution in [0.15, 0.2) is 60.8 Å². The highest BCUT2D eigenvalue weighted by Gasteiger charge is 2.30. The lowest BCUT2D eigenvalue weighted by atomic mass is 10.0. The molecule has 0 atom stereocenters. The molecule has 0 saturated heterocycles. The van der Waals surface area contributed by atoms with E-state index < -0.39 is 23.5 Å². The SMILES string of the molecule is Cn1ncc2c(C(=O)Nc3ccccc3F)cc(-c3ccc(C(F)(F)F)cc3)nc21. The molecule has 0 aliphatic heterocycles. The molecule has 0 unspecified atom stereocenters. The number of alkyl halides is 3. The van der Waals surface area contributed by atoms with Crippen molar-refractivity contribution in [2.75, 3.05) is 5.32 Å². The van der Waals surface area contributed by atoms with Gasteiger partial charge in [-0.3, -0.25) is 9.48 Å². The molecule has 0 radical (unpaired) electrons. The smallest absolute Gasteiger partial charge is 0.319 e. The zero-order valence-electron chi connectivity index (χ0n) is 15.5. The van der Waals surface area contributed by atoms with Gasteiger partial charge in [-0.25, -0.2) is 9.37 Å². The van der Waals surface area contributed by atoms with Gasteiger partial charge in [0.1, 0.15) is 5.82 Å². The number of rotatable bonds is 3. The van der Waals surface area contributed by atoms with Crippen molar-refractivity contribution in [2.24, 2.45) is 7.05 Å². The molecule has 30 heavy (non-hydrogen) atoms. The number of fused-ring (bicyclic) bond motifs is 1. The summed E-state index contributed by atoms with van der Waals surface area (Å²) >= 11 is 0. The lowest BCUT2D eigenvalue weighted by Crippen LogP contribution is -2.14. The van der Waals surface area contributed by atoms with Gasteiger partial charge < -0.3 is 5.32 Å². The molecule has 2 aromatic heterocycles. The van der Waals surface area contributed by atoms with E-state index in [1.165, 1.54) is 47.3 Å². The van der Waals surface area contributed by atoms with Crippen LogP contribution in [0.3, 0.4) is 0 Å². The molecule has 0 aliphatic rings. The summed E-state index contributed by atoms with van der Waals surface area (Å²) in [6, 6.07) is 11.6. The number of hydrogen-bond acceptors (Lipinski definition) is 3. The fourth-order valence-corrected chi connectivity index (χ4v) is 3.03. The summed E-state index contributed by atoms with van der Waals surface area (Å²) in [5, 5.41) is 7.04. The minimum Gasteiger partial charge on any atom is -0.319 e. The number of halogens is 4. The van der Waals surface area contributed by atoms with Gasteiger partial charge in [0.2, 0.25) is 0 Å². The van der Waals surface area contributed by atoms with Gasteiger partial charge in [0.25, 0.3) is 5.91 Å².